The van der Waals surface area contributed by atoms with Crippen LogP contribution in [-0.2, 0) is 6.54 Å². The summed E-state index contributed by atoms with van der Waals surface area (Å²) in [5.74, 6) is 0. The minimum Gasteiger partial charge on any atom is -0.306 e. The summed E-state index contributed by atoms with van der Waals surface area (Å²) < 4.78 is 3.86. The minimum absolute atomic E-state index is 0.134. The zero-order chi connectivity index (χ0) is 21.6. The van der Waals surface area contributed by atoms with E-state index in [9.17, 15) is 14.4 Å². The lowest BCUT2D eigenvalue weighted by atomic mass is 10.2. The number of hydrogen-bond donors (Lipinski definition) is 1. The van der Waals surface area contributed by atoms with Gasteiger partial charge in [-0.05, 0) is 25.1 Å². The van der Waals surface area contributed by atoms with Crippen molar-refractivity contribution in [1.29, 1.82) is 5.26 Å². The molecule has 0 fully saturated rings. The first-order chi connectivity index (χ1) is 14.3. The fourth-order valence-electron chi connectivity index (χ4n) is 3.10. The molecule has 0 spiro atoms. The predicted molar refractivity (Wildman–Crippen MR) is 110 cm³/mol. The molecule has 4 rings (SSSR count). The second-order valence-corrected chi connectivity index (χ2v) is 6.95. The van der Waals surface area contributed by atoms with Crippen molar-refractivity contribution in [2.45, 2.75) is 13.5 Å². The van der Waals surface area contributed by atoms with Gasteiger partial charge in [-0.3, -0.25) is 14.6 Å². The van der Waals surface area contributed by atoms with E-state index in [0.717, 1.165) is 4.68 Å². The first-order valence-corrected chi connectivity index (χ1v) is 9.32. The Morgan fingerprint density at radius 1 is 1.10 bits per heavy atom. The van der Waals surface area contributed by atoms with Crippen LogP contribution < -0.4 is 16.8 Å². The summed E-state index contributed by atoms with van der Waals surface area (Å²) in [5.41, 5.74) is -0.689. The van der Waals surface area contributed by atoms with Gasteiger partial charge in [0.05, 0.1) is 33.0 Å². The van der Waals surface area contributed by atoms with E-state index in [-0.39, 0.29) is 21.3 Å². The highest BCUT2D eigenvalue weighted by Gasteiger charge is 2.18. The Morgan fingerprint density at radius 3 is 2.43 bits per heavy atom. The number of aromatic amines is 1. The van der Waals surface area contributed by atoms with Crippen molar-refractivity contribution in [3.05, 3.63) is 77.4 Å². The van der Waals surface area contributed by atoms with Crippen molar-refractivity contribution in [2.24, 2.45) is 0 Å². The van der Waals surface area contributed by atoms with E-state index in [1.807, 2.05) is 11.9 Å². The monoisotopic (exact) mass is 443 g/mol. The Bertz CT molecular complexity index is 1520. The molecular weight excluding hydrogens is 433 g/mol. The van der Waals surface area contributed by atoms with E-state index in [4.69, 9.17) is 28.5 Å². The zero-order valence-corrected chi connectivity index (χ0v) is 16.8. The van der Waals surface area contributed by atoms with Gasteiger partial charge in [-0.25, -0.2) is 9.48 Å². The summed E-state index contributed by atoms with van der Waals surface area (Å²) in [5, 5.41) is 17.3. The van der Waals surface area contributed by atoms with Crippen molar-refractivity contribution in [3.8, 4) is 17.4 Å². The molecular formula is C18H11Cl2N7O3. The Morgan fingerprint density at radius 2 is 1.80 bits per heavy atom. The second-order valence-electron chi connectivity index (χ2n) is 6.13. The van der Waals surface area contributed by atoms with Gasteiger partial charge in [-0.1, -0.05) is 23.2 Å². The average Bonchev–Trinajstić information content (AvgIpc) is 3.11. The lowest BCUT2D eigenvalue weighted by Crippen LogP contribution is -2.33. The van der Waals surface area contributed by atoms with Crippen LogP contribution in [0.1, 0.15) is 12.6 Å². The van der Waals surface area contributed by atoms with Gasteiger partial charge in [0.1, 0.15) is 11.8 Å². The van der Waals surface area contributed by atoms with E-state index < -0.39 is 16.9 Å². The van der Waals surface area contributed by atoms with Crippen LogP contribution in [0.15, 0.2) is 44.8 Å². The number of benzene rings is 1. The topological polar surface area (TPSA) is 131 Å². The number of pyridine rings is 1. The molecule has 0 bridgehead atoms. The summed E-state index contributed by atoms with van der Waals surface area (Å²) in [6, 6.07) is 7.45. The summed E-state index contributed by atoms with van der Waals surface area (Å²) >= 11 is 12.9. The molecule has 1 aromatic carbocycles. The number of hydrogen-bond acceptors (Lipinski definition) is 6. The number of aromatic nitrogens is 6. The average molecular weight is 444 g/mol. The zero-order valence-electron chi connectivity index (χ0n) is 15.3. The van der Waals surface area contributed by atoms with Crippen LogP contribution in [0.4, 0.5) is 0 Å². The molecule has 150 valence electrons. The number of nitrogens with one attached hydrogen (secondary N) is 1. The third-order valence-corrected chi connectivity index (χ3v) is 5.01. The molecule has 0 aliphatic carbocycles. The van der Waals surface area contributed by atoms with Gasteiger partial charge in [-0.15, -0.1) is 5.10 Å². The molecule has 0 unspecified atom stereocenters. The maximum atomic E-state index is 12.1. The highest BCUT2D eigenvalue weighted by molar-refractivity contribution is 6.38. The van der Waals surface area contributed by atoms with Crippen LogP contribution in [0.3, 0.4) is 0 Å². The van der Waals surface area contributed by atoms with Crippen molar-refractivity contribution < 1.29 is 0 Å². The van der Waals surface area contributed by atoms with E-state index in [2.05, 4.69) is 10.2 Å². The molecule has 3 heterocycles. The molecule has 0 atom stereocenters. The van der Waals surface area contributed by atoms with Crippen LogP contribution in [-0.4, -0.2) is 29.1 Å². The predicted octanol–water partition coefficient (Wildman–Crippen LogP) is 1.62. The van der Waals surface area contributed by atoms with Gasteiger partial charge in [0.25, 0.3) is 11.1 Å². The van der Waals surface area contributed by atoms with Crippen LogP contribution in [0.2, 0.25) is 10.0 Å². The highest BCUT2D eigenvalue weighted by Crippen LogP contribution is 2.32. The molecule has 3 aromatic heterocycles. The van der Waals surface area contributed by atoms with E-state index in [1.165, 1.54) is 29.1 Å². The Kier molecular flexibility index (Phi) is 4.77. The van der Waals surface area contributed by atoms with Gasteiger partial charge in [0.15, 0.2) is 0 Å². The summed E-state index contributed by atoms with van der Waals surface area (Å²) in [4.78, 5) is 37.7. The van der Waals surface area contributed by atoms with Crippen molar-refractivity contribution in [1.82, 2.24) is 29.1 Å². The van der Waals surface area contributed by atoms with Gasteiger partial charge < -0.3 is 4.57 Å². The number of nitriles is 1. The molecule has 4 aromatic rings. The molecule has 30 heavy (non-hydrogen) atoms. The summed E-state index contributed by atoms with van der Waals surface area (Å²) in [6.45, 7) is 2.31. The fraction of sp³-hybridized carbons (Fsp3) is 0.111. The van der Waals surface area contributed by atoms with E-state index in [1.54, 1.807) is 16.7 Å². The van der Waals surface area contributed by atoms with Crippen molar-refractivity contribution >= 4 is 34.2 Å². The van der Waals surface area contributed by atoms with Crippen LogP contribution in [0.25, 0.3) is 22.4 Å². The van der Waals surface area contributed by atoms with Gasteiger partial charge >= 0.3 is 5.69 Å². The smallest absolute Gasteiger partial charge is 0.306 e. The molecule has 0 saturated heterocycles. The largest absolute Gasteiger partial charge is 0.349 e. The van der Waals surface area contributed by atoms with E-state index >= 15 is 0 Å². The molecule has 1 N–H and O–H groups in total. The molecule has 0 saturated carbocycles. The Labute approximate surface area is 177 Å². The number of fused-ring (bicyclic) bond motifs is 1. The molecule has 0 radical (unpaired) electrons. The molecule has 0 aliphatic heterocycles. The summed E-state index contributed by atoms with van der Waals surface area (Å²) in [7, 11) is 0. The Hall–Kier alpha value is -3.68. The quantitative estimate of drug-likeness (QED) is 0.511. The maximum Gasteiger partial charge on any atom is 0.349 e. The van der Waals surface area contributed by atoms with Crippen LogP contribution >= 0.6 is 23.2 Å². The number of halogens is 2. The fourth-order valence-corrected chi connectivity index (χ4v) is 3.74. The molecule has 10 nitrogen and oxygen atoms in total. The lowest BCUT2D eigenvalue weighted by molar-refractivity contribution is 0.740. The number of H-pyrrole nitrogens is 1. The van der Waals surface area contributed by atoms with Gasteiger partial charge in [-0.2, -0.15) is 15.0 Å². The number of aryl methyl sites for hydroxylation is 1. The molecule has 0 aliphatic rings. The minimum atomic E-state index is -0.891. The third kappa shape index (κ3) is 3.01. The van der Waals surface area contributed by atoms with Gasteiger partial charge in [0, 0.05) is 12.6 Å². The van der Waals surface area contributed by atoms with Crippen LogP contribution in [0, 0.1) is 11.3 Å². The SMILES string of the molecule is CCn1c(=O)ccc2c1cnn2-c1c(Cl)cc(-n2nc(C#N)c(=O)[nH]c2=O)cc1Cl. The van der Waals surface area contributed by atoms with E-state index in [0.29, 0.717) is 23.3 Å². The number of nitrogens with zero attached hydrogens (tertiary/aromatic N) is 6. The first-order valence-electron chi connectivity index (χ1n) is 8.56. The normalized spacial score (nSPS) is 11.0. The van der Waals surface area contributed by atoms with Crippen molar-refractivity contribution in [2.75, 3.05) is 0 Å². The van der Waals surface area contributed by atoms with Gasteiger partial charge in [0.2, 0.25) is 5.69 Å². The Balaban J connectivity index is 1.94. The molecule has 0 amide bonds. The van der Waals surface area contributed by atoms with Crippen LogP contribution in [0.5, 0.6) is 0 Å². The summed E-state index contributed by atoms with van der Waals surface area (Å²) in [6.07, 6.45) is 1.54. The third-order valence-electron chi connectivity index (χ3n) is 4.43. The second kappa shape index (κ2) is 7.29. The molecule has 12 heteroatoms. The van der Waals surface area contributed by atoms with Crippen molar-refractivity contribution in [3.63, 3.8) is 0 Å². The number of rotatable bonds is 3. The first kappa shape index (κ1) is 19.6. The highest BCUT2D eigenvalue weighted by atomic mass is 35.5. The maximum absolute atomic E-state index is 12.1. The standard InChI is InChI=1S/C18H11Cl2N7O3/c1-2-25-14-8-22-27(13(14)3-4-15(25)28)16-10(19)5-9(6-11(16)20)26-18(30)23-17(29)12(7-21)24-26/h3-6,8H,2H2,1H3,(H,23,29,30). The lowest BCUT2D eigenvalue weighted by Gasteiger charge is -2.12.